The van der Waals surface area contributed by atoms with Gasteiger partial charge in [-0.15, -0.1) is 0 Å². The summed E-state index contributed by atoms with van der Waals surface area (Å²) in [4.78, 5) is 0.419. The van der Waals surface area contributed by atoms with Gasteiger partial charge in [-0.3, -0.25) is 0 Å². The van der Waals surface area contributed by atoms with Gasteiger partial charge in [0.05, 0.1) is 0 Å². The van der Waals surface area contributed by atoms with Crippen molar-refractivity contribution in [3.05, 3.63) is 34.6 Å². The first kappa shape index (κ1) is 11.0. The maximum atomic E-state index is 13.2. The van der Waals surface area contributed by atoms with Gasteiger partial charge in [-0.1, -0.05) is 40.5 Å². The molecule has 0 aromatic heterocycles. The van der Waals surface area contributed by atoms with Gasteiger partial charge in [-0.25, -0.2) is 4.39 Å². The zero-order valence-corrected chi connectivity index (χ0v) is 9.70. The number of hydrogen-bond donors (Lipinski definition) is 0. The Morgan fingerprint density at radius 3 is 2.77 bits per heavy atom. The van der Waals surface area contributed by atoms with E-state index in [9.17, 15) is 4.39 Å². The molecule has 0 saturated heterocycles. The lowest BCUT2D eigenvalue weighted by atomic mass is 10.1. The van der Waals surface area contributed by atoms with Gasteiger partial charge in [0, 0.05) is 9.85 Å². The Kier molecular flexibility index (Phi) is 4.20. The largest absolute Gasteiger partial charge is 0.207 e. The summed E-state index contributed by atoms with van der Waals surface area (Å²) in [6.07, 6.45) is 1.67. The van der Waals surface area contributed by atoms with Crippen LogP contribution in [0.25, 0.3) is 0 Å². The number of halogens is 3. The fraction of sp³-hybridized carbons (Fsp3) is 0.400. The monoisotopic (exact) mass is 264 g/mol. The van der Waals surface area contributed by atoms with Gasteiger partial charge in [0.2, 0.25) is 0 Å². The molecule has 0 nitrogen and oxygen atoms in total. The molecule has 0 aliphatic heterocycles. The predicted octanol–water partition coefficient (Wildman–Crippen LogP) is 4.20. The lowest BCUT2D eigenvalue weighted by Crippen LogP contribution is -1.96. The Balaban J connectivity index is 2.67. The zero-order valence-electron chi connectivity index (χ0n) is 7.36. The van der Waals surface area contributed by atoms with Crippen molar-refractivity contribution in [3.8, 4) is 0 Å². The molecule has 0 fully saturated rings. The standard InChI is InChI=1S/C10H11BrClF/c1-7(11)2-3-8-4-5-9(12)6-10(8)13/h4-7H,2-3H2,1H3. The van der Waals surface area contributed by atoms with Crippen molar-refractivity contribution in [2.75, 3.05) is 0 Å². The first-order valence-electron chi connectivity index (χ1n) is 4.17. The minimum Gasteiger partial charge on any atom is -0.207 e. The Morgan fingerprint density at radius 1 is 1.54 bits per heavy atom. The van der Waals surface area contributed by atoms with Crippen LogP contribution in [0.1, 0.15) is 18.9 Å². The van der Waals surface area contributed by atoms with Crippen LogP contribution < -0.4 is 0 Å². The van der Waals surface area contributed by atoms with Crippen LogP contribution in [-0.2, 0) is 6.42 Å². The minimum absolute atomic E-state index is 0.208. The Bertz CT molecular complexity index is 286. The van der Waals surface area contributed by atoms with Crippen molar-refractivity contribution in [3.63, 3.8) is 0 Å². The third-order valence-corrected chi connectivity index (χ3v) is 2.52. The zero-order chi connectivity index (χ0) is 9.84. The molecule has 1 unspecified atom stereocenters. The molecular formula is C10H11BrClF. The number of hydrogen-bond acceptors (Lipinski definition) is 0. The van der Waals surface area contributed by atoms with Crippen molar-refractivity contribution >= 4 is 27.5 Å². The van der Waals surface area contributed by atoms with Gasteiger partial charge < -0.3 is 0 Å². The van der Waals surface area contributed by atoms with Crippen LogP contribution in [0.15, 0.2) is 18.2 Å². The Morgan fingerprint density at radius 2 is 2.23 bits per heavy atom. The van der Waals surface area contributed by atoms with E-state index in [1.165, 1.54) is 6.07 Å². The van der Waals surface area contributed by atoms with E-state index in [2.05, 4.69) is 15.9 Å². The molecule has 1 atom stereocenters. The molecule has 72 valence electrons. The maximum Gasteiger partial charge on any atom is 0.127 e. The van der Waals surface area contributed by atoms with E-state index in [1.807, 2.05) is 6.92 Å². The fourth-order valence-corrected chi connectivity index (χ4v) is 1.47. The molecule has 0 aliphatic carbocycles. The van der Waals surface area contributed by atoms with Crippen molar-refractivity contribution in [2.45, 2.75) is 24.6 Å². The molecule has 1 aromatic rings. The highest BCUT2D eigenvalue weighted by Crippen LogP contribution is 2.17. The highest BCUT2D eigenvalue weighted by atomic mass is 79.9. The van der Waals surface area contributed by atoms with Crippen molar-refractivity contribution in [2.24, 2.45) is 0 Å². The van der Waals surface area contributed by atoms with E-state index in [0.29, 0.717) is 9.85 Å². The summed E-state index contributed by atoms with van der Waals surface area (Å²) in [7, 11) is 0. The lowest BCUT2D eigenvalue weighted by Gasteiger charge is -2.04. The van der Waals surface area contributed by atoms with Gasteiger partial charge in [0.1, 0.15) is 5.82 Å². The normalized spacial score (nSPS) is 12.9. The highest BCUT2D eigenvalue weighted by Gasteiger charge is 2.04. The van der Waals surface area contributed by atoms with E-state index in [4.69, 9.17) is 11.6 Å². The van der Waals surface area contributed by atoms with Crippen LogP contribution >= 0.6 is 27.5 Å². The molecule has 0 bridgehead atoms. The summed E-state index contributed by atoms with van der Waals surface area (Å²) >= 11 is 9.05. The minimum atomic E-state index is -0.208. The van der Waals surface area contributed by atoms with E-state index < -0.39 is 0 Å². The molecule has 1 aromatic carbocycles. The average Bonchev–Trinajstić information content (AvgIpc) is 2.02. The third kappa shape index (κ3) is 3.65. The van der Waals surface area contributed by atoms with Gasteiger partial charge >= 0.3 is 0 Å². The number of benzene rings is 1. The van der Waals surface area contributed by atoms with Crippen LogP contribution in [0.3, 0.4) is 0 Å². The summed E-state index contributed by atoms with van der Waals surface area (Å²) in [5, 5.41) is 0.452. The predicted molar refractivity (Wildman–Crippen MR) is 58.1 cm³/mol. The van der Waals surface area contributed by atoms with Gasteiger partial charge in [-0.2, -0.15) is 0 Å². The molecular weight excluding hydrogens is 254 g/mol. The van der Waals surface area contributed by atoms with Gasteiger partial charge in [0.15, 0.2) is 0 Å². The Hall–Kier alpha value is -0.0800. The van der Waals surface area contributed by atoms with E-state index in [1.54, 1.807) is 12.1 Å². The molecule has 13 heavy (non-hydrogen) atoms. The molecule has 0 saturated carbocycles. The number of aryl methyl sites for hydroxylation is 1. The fourth-order valence-electron chi connectivity index (χ4n) is 1.08. The van der Waals surface area contributed by atoms with Crippen LogP contribution in [0.2, 0.25) is 5.02 Å². The smallest absolute Gasteiger partial charge is 0.127 e. The van der Waals surface area contributed by atoms with Crippen LogP contribution in [0, 0.1) is 5.82 Å². The van der Waals surface area contributed by atoms with E-state index in [0.717, 1.165) is 18.4 Å². The van der Waals surface area contributed by atoms with Crippen LogP contribution in [-0.4, -0.2) is 4.83 Å². The first-order chi connectivity index (χ1) is 6.09. The second-order valence-electron chi connectivity index (χ2n) is 3.06. The second-order valence-corrected chi connectivity index (χ2v) is 5.05. The van der Waals surface area contributed by atoms with E-state index in [-0.39, 0.29) is 5.82 Å². The summed E-state index contributed by atoms with van der Waals surface area (Å²) in [5.41, 5.74) is 0.732. The van der Waals surface area contributed by atoms with Gasteiger partial charge in [-0.05, 0) is 30.5 Å². The van der Waals surface area contributed by atoms with E-state index >= 15 is 0 Å². The third-order valence-electron chi connectivity index (χ3n) is 1.83. The quantitative estimate of drug-likeness (QED) is 0.719. The van der Waals surface area contributed by atoms with Gasteiger partial charge in [0.25, 0.3) is 0 Å². The summed E-state index contributed by atoms with van der Waals surface area (Å²) in [6.45, 7) is 2.05. The molecule has 1 rings (SSSR count). The van der Waals surface area contributed by atoms with Crippen molar-refractivity contribution in [1.82, 2.24) is 0 Å². The van der Waals surface area contributed by atoms with Crippen LogP contribution in [0.5, 0.6) is 0 Å². The molecule has 3 heteroatoms. The molecule has 0 spiro atoms. The molecule has 0 aliphatic rings. The average molecular weight is 266 g/mol. The summed E-state index contributed by atoms with van der Waals surface area (Å²) < 4.78 is 13.2. The molecule has 0 radical (unpaired) electrons. The summed E-state index contributed by atoms with van der Waals surface area (Å²) in [5.74, 6) is -0.208. The Labute approximate surface area is 91.2 Å². The number of alkyl halides is 1. The topological polar surface area (TPSA) is 0 Å². The SMILES string of the molecule is CC(Br)CCc1ccc(Cl)cc1F. The summed E-state index contributed by atoms with van der Waals surface area (Å²) in [6, 6.07) is 4.82. The first-order valence-corrected chi connectivity index (χ1v) is 5.47. The highest BCUT2D eigenvalue weighted by molar-refractivity contribution is 9.09. The molecule has 0 heterocycles. The molecule has 0 amide bonds. The van der Waals surface area contributed by atoms with Crippen molar-refractivity contribution in [1.29, 1.82) is 0 Å². The van der Waals surface area contributed by atoms with Crippen LogP contribution in [0.4, 0.5) is 4.39 Å². The van der Waals surface area contributed by atoms with Crippen molar-refractivity contribution < 1.29 is 4.39 Å². The number of rotatable bonds is 3. The second kappa shape index (κ2) is 4.97. The maximum absolute atomic E-state index is 13.2. The lowest BCUT2D eigenvalue weighted by molar-refractivity contribution is 0.604. The molecule has 0 N–H and O–H groups in total.